The maximum Gasteiger partial charge on any atom is 0.244 e. The number of benzene rings is 1. The van der Waals surface area contributed by atoms with Crippen molar-refractivity contribution in [2.45, 2.75) is 18.2 Å². The van der Waals surface area contributed by atoms with Crippen molar-refractivity contribution in [2.75, 3.05) is 26.3 Å². The van der Waals surface area contributed by atoms with Crippen molar-refractivity contribution in [1.82, 2.24) is 4.31 Å². The van der Waals surface area contributed by atoms with Gasteiger partial charge in [-0.1, -0.05) is 17.9 Å². The molecule has 1 atom stereocenters. The normalized spacial score (nSPS) is 19.3. The number of aryl methyl sites for hydroxylation is 1. The molecule has 21 heavy (non-hydrogen) atoms. The zero-order chi connectivity index (χ0) is 15.5. The lowest BCUT2D eigenvalue weighted by Gasteiger charge is -2.17. The minimum atomic E-state index is -3.62. The Morgan fingerprint density at radius 1 is 1.38 bits per heavy atom. The first-order chi connectivity index (χ1) is 9.98. The van der Waals surface area contributed by atoms with E-state index >= 15 is 0 Å². The lowest BCUT2D eigenvalue weighted by molar-refractivity contribution is 0.233. The molecule has 6 heteroatoms. The highest BCUT2D eigenvalue weighted by molar-refractivity contribution is 7.89. The van der Waals surface area contributed by atoms with Crippen LogP contribution in [-0.2, 0) is 10.0 Å². The van der Waals surface area contributed by atoms with Gasteiger partial charge >= 0.3 is 0 Å². The Morgan fingerprint density at radius 3 is 2.76 bits per heavy atom. The van der Waals surface area contributed by atoms with Gasteiger partial charge in [0, 0.05) is 25.3 Å². The second kappa shape index (κ2) is 6.58. The summed E-state index contributed by atoms with van der Waals surface area (Å²) in [5.41, 5.74) is 1.31. The van der Waals surface area contributed by atoms with Gasteiger partial charge in [0.1, 0.15) is 6.61 Å². The van der Waals surface area contributed by atoms with Crippen LogP contribution in [0.3, 0.4) is 0 Å². The number of hydrogen-bond acceptors (Lipinski definition) is 4. The van der Waals surface area contributed by atoms with Gasteiger partial charge in [0.05, 0.1) is 4.90 Å². The molecule has 1 saturated heterocycles. The average Bonchev–Trinajstić information content (AvgIpc) is 2.94. The molecule has 1 aliphatic heterocycles. The van der Waals surface area contributed by atoms with Crippen LogP contribution in [0.1, 0.15) is 17.5 Å². The maximum absolute atomic E-state index is 12.7. The van der Waals surface area contributed by atoms with E-state index in [2.05, 4.69) is 11.8 Å². The third-order valence-electron chi connectivity index (χ3n) is 3.56. The van der Waals surface area contributed by atoms with Crippen LogP contribution in [0.2, 0.25) is 0 Å². The summed E-state index contributed by atoms with van der Waals surface area (Å²) >= 11 is 0. The van der Waals surface area contributed by atoms with Crippen LogP contribution in [0.5, 0.6) is 0 Å². The molecular formula is C15H19NO4S. The highest BCUT2D eigenvalue weighted by Gasteiger charge is 2.33. The van der Waals surface area contributed by atoms with Crippen LogP contribution in [0.15, 0.2) is 23.1 Å². The zero-order valence-corrected chi connectivity index (χ0v) is 12.7. The van der Waals surface area contributed by atoms with E-state index in [0.717, 1.165) is 5.56 Å². The largest absolute Gasteiger partial charge is 0.396 e. The fourth-order valence-electron chi connectivity index (χ4n) is 2.40. The molecule has 0 aromatic heterocycles. The molecule has 0 spiro atoms. The first kappa shape index (κ1) is 16.0. The number of sulfonamides is 1. The minimum Gasteiger partial charge on any atom is -0.396 e. The maximum atomic E-state index is 12.7. The van der Waals surface area contributed by atoms with Gasteiger partial charge in [0.15, 0.2) is 0 Å². The van der Waals surface area contributed by atoms with Crippen LogP contribution in [0.25, 0.3) is 0 Å². The third kappa shape index (κ3) is 3.44. The Morgan fingerprint density at radius 2 is 2.14 bits per heavy atom. The second-order valence-corrected chi connectivity index (χ2v) is 7.07. The monoisotopic (exact) mass is 309 g/mol. The Balaban J connectivity index is 2.40. The van der Waals surface area contributed by atoms with Crippen molar-refractivity contribution in [3.8, 4) is 11.8 Å². The molecule has 1 aromatic rings. The molecule has 1 heterocycles. The summed E-state index contributed by atoms with van der Waals surface area (Å²) in [6.07, 6.45) is 0.666. The Labute approximate surface area is 125 Å². The van der Waals surface area contributed by atoms with Gasteiger partial charge in [-0.05, 0) is 37.0 Å². The van der Waals surface area contributed by atoms with Crippen molar-refractivity contribution in [2.24, 2.45) is 5.92 Å². The summed E-state index contributed by atoms with van der Waals surface area (Å²) in [7, 11) is -3.62. The fourth-order valence-corrected chi connectivity index (χ4v) is 4.06. The molecule has 0 bridgehead atoms. The van der Waals surface area contributed by atoms with E-state index in [-0.39, 0.29) is 24.0 Å². The standard InChI is InChI=1S/C15H19NO4S/c1-12-4-5-15(14(9-12)3-2-8-17)21(19,20)16-7-6-13(10-16)11-18/h4-5,9,13,17-18H,6-8,10-11H2,1H3. The van der Waals surface area contributed by atoms with Crippen molar-refractivity contribution >= 4 is 10.0 Å². The molecule has 2 rings (SSSR count). The van der Waals surface area contributed by atoms with Gasteiger partial charge < -0.3 is 10.2 Å². The van der Waals surface area contributed by atoms with Gasteiger partial charge in [0.25, 0.3) is 0 Å². The molecular weight excluding hydrogens is 290 g/mol. The summed E-state index contributed by atoms with van der Waals surface area (Å²) in [5.74, 6) is 5.20. The van der Waals surface area contributed by atoms with Gasteiger partial charge in [-0.3, -0.25) is 0 Å². The molecule has 0 amide bonds. The van der Waals surface area contributed by atoms with Crippen LogP contribution in [0, 0.1) is 24.7 Å². The predicted octanol–water partition coefficient (Wildman–Crippen LogP) is 0.342. The summed E-state index contributed by atoms with van der Waals surface area (Å²) < 4.78 is 26.8. The van der Waals surface area contributed by atoms with Crippen LogP contribution >= 0.6 is 0 Å². The molecule has 0 aliphatic carbocycles. The molecule has 5 nitrogen and oxygen atoms in total. The summed E-state index contributed by atoms with van der Waals surface area (Å²) in [4.78, 5) is 0.160. The van der Waals surface area contributed by atoms with Crippen molar-refractivity contribution in [3.05, 3.63) is 29.3 Å². The van der Waals surface area contributed by atoms with Crippen LogP contribution in [-0.4, -0.2) is 49.2 Å². The molecule has 1 aromatic carbocycles. The fraction of sp³-hybridized carbons (Fsp3) is 0.467. The van der Waals surface area contributed by atoms with E-state index in [1.807, 2.05) is 6.92 Å². The number of nitrogens with zero attached hydrogens (tertiary/aromatic N) is 1. The highest BCUT2D eigenvalue weighted by Crippen LogP contribution is 2.26. The second-order valence-electron chi connectivity index (χ2n) is 5.16. The van der Waals surface area contributed by atoms with Gasteiger partial charge in [0.2, 0.25) is 10.0 Å². The zero-order valence-electron chi connectivity index (χ0n) is 11.9. The molecule has 2 N–H and O–H groups in total. The first-order valence-electron chi connectivity index (χ1n) is 6.80. The van der Waals surface area contributed by atoms with E-state index in [4.69, 9.17) is 10.2 Å². The Bertz CT molecular complexity index is 673. The highest BCUT2D eigenvalue weighted by atomic mass is 32.2. The number of aliphatic hydroxyl groups is 2. The lowest BCUT2D eigenvalue weighted by atomic mass is 10.1. The van der Waals surface area contributed by atoms with E-state index in [0.29, 0.717) is 25.1 Å². The van der Waals surface area contributed by atoms with E-state index < -0.39 is 10.0 Å². The minimum absolute atomic E-state index is 0.00259. The molecule has 1 unspecified atom stereocenters. The van der Waals surface area contributed by atoms with E-state index in [1.54, 1.807) is 18.2 Å². The Hall–Kier alpha value is -1.39. The summed E-state index contributed by atoms with van der Waals surface area (Å²) in [6.45, 7) is 2.28. The van der Waals surface area contributed by atoms with Crippen LogP contribution in [0.4, 0.5) is 0 Å². The predicted molar refractivity (Wildman–Crippen MR) is 79.1 cm³/mol. The van der Waals surface area contributed by atoms with Gasteiger partial charge in [-0.2, -0.15) is 4.31 Å². The lowest BCUT2D eigenvalue weighted by Crippen LogP contribution is -2.30. The molecule has 1 aliphatic rings. The van der Waals surface area contributed by atoms with Crippen molar-refractivity contribution in [1.29, 1.82) is 0 Å². The quantitative estimate of drug-likeness (QED) is 0.790. The van der Waals surface area contributed by atoms with Gasteiger partial charge in [-0.25, -0.2) is 8.42 Å². The van der Waals surface area contributed by atoms with E-state index in [1.165, 1.54) is 4.31 Å². The molecule has 0 saturated carbocycles. The van der Waals surface area contributed by atoms with Crippen LogP contribution < -0.4 is 0 Å². The Kier molecular flexibility index (Phi) is 5.01. The smallest absolute Gasteiger partial charge is 0.244 e. The number of aliphatic hydroxyl groups excluding tert-OH is 2. The number of hydrogen-bond donors (Lipinski definition) is 2. The molecule has 114 valence electrons. The molecule has 1 fully saturated rings. The van der Waals surface area contributed by atoms with E-state index in [9.17, 15) is 8.42 Å². The number of rotatable bonds is 3. The SMILES string of the molecule is Cc1ccc(S(=O)(=O)N2CCC(CO)C2)c(C#CCO)c1. The summed E-state index contributed by atoms with van der Waals surface area (Å²) in [6, 6.07) is 4.99. The topological polar surface area (TPSA) is 77.8 Å². The first-order valence-corrected chi connectivity index (χ1v) is 8.24. The third-order valence-corrected chi connectivity index (χ3v) is 5.49. The summed E-state index contributed by atoms with van der Waals surface area (Å²) in [5, 5.41) is 18.0. The van der Waals surface area contributed by atoms with Crippen molar-refractivity contribution < 1.29 is 18.6 Å². The molecule has 0 radical (unpaired) electrons. The van der Waals surface area contributed by atoms with Crippen molar-refractivity contribution in [3.63, 3.8) is 0 Å². The average molecular weight is 309 g/mol. The van der Waals surface area contributed by atoms with Gasteiger partial charge in [-0.15, -0.1) is 0 Å².